The molecule has 1 aromatic carbocycles. The highest BCUT2D eigenvalue weighted by atomic mass is 16.5. The number of nitrogens with zero attached hydrogens (tertiary/aromatic N) is 2. The molecule has 0 aliphatic heterocycles. The molecule has 3 rings (SSSR count). The summed E-state index contributed by atoms with van der Waals surface area (Å²) >= 11 is 0. The number of nitrogens with two attached hydrogens (primary N) is 1. The van der Waals surface area contributed by atoms with Crippen LogP contribution in [0.4, 0.5) is 5.69 Å². The van der Waals surface area contributed by atoms with Crippen LogP contribution in [0.1, 0.15) is 55.8 Å². The number of nitrogen functional groups attached to an aromatic ring is 1. The van der Waals surface area contributed by atoms with E-state index in [1.807, 2.05) is 25.1 Å². The van der Waals surface area contributed by atoms with Gasteiger partial charge in [-0.25, -0.2) is 0 Å². The molecule has 1 aliphatic rings. The number of hydrogen-bond acceptors (Lipinski definition) is 4. The zero-order valence-electron chi connectivity index (χ0n) is 11.9. The molecule has 106 valence electrons. The van der Waals surface area contributed by atoms with Gasteiger partial charge in [-0.2, -0.15) is 4.98 Å². The van der Waals surface area contributed by atoms with Crippen LogP contribution in [0.25, 0.3) is 11.5 Å². The lowest BCUT2D eigenvalue weighted by molar-refractivity contribution is 0.410. The van der Waals surface area contributed by atoms with E-state index in [0.717, 1.165) is 22.6 Å². The van der Waals surface area contributed by atoms with E-state index >= 15 is 0 Å². The van der Waals surface area contributed by atoms with E-state index in [4.69, 9.17) is 10.3 Å². The highest BCUT2D eigenvalue weighted by Gasteiger charge is 2.20. The number of rotatable bonds is 2. The second-order valence-electron chi connectivity index (χ2n) is 5.72. The Balaban J connectivity index is 1.83. The highest BCUT2D eigenvalue weighted by molar-refractivity contribution is 5.60. The summed E-state index contributed by atoms with van der Waals surface area (Å²) < 4.78 is 5.44. The topological polar surface area (TPSA) is 64.9 Å². The van der Waals surface area contributed by atoms with E-state index in [1.54, 1.807) is 0 Å². The van der Waals surface area contributed by atoms with E-state index < -0.39 is 0 Å². The summed E-state index contributed by atoms with van der Waals surface area (Å²) in [6, 6.07) is 5.83. The van der Waals surface area contributed by atoms with Gasteiger partial charge in [-0.15, -0.1) is 0 Å². The Kier molecular flexibility index (Phi) is 3.72. The Hall–Kier alpha value is -1.84. The fraction of sp³-hybridized carbons (Fsp3) is 0.500. The predicted molar refractivity (Wildman–Crippen MR) is 79.3 cm³/mol. The first kappa shape index (κ1) is 13.2. The molecule has 0 saturated heterocycles. The van der Waals surface area contributed by atoms with E-state index in [1.165, 1.54) is 38.5 Å². The zero-order chi connectivity index (χ0) is 13.9. The first-order valence-corrected chi connectivity index (χ1v) is 7.44. The van der Waals surface area contributed by atoms with Gasteiger partial charge in [0, 0.05) is 17.2 Å². The molecule has 0 unspecified atom stereocenters. The summed E-state index contributed by atoms with van der Waals surface area (Å²) in [5.74, 6) is 1.94. The van der Waals surface area contributed by atoms with Crippen LogP contribution in [0.3, 0.4) is 0 Å². The molecule has 0 amide bonds. The third-order valence-electron chi connectivity index (χ3n) is 4.18. The first-order valence-electron chi connectivity index (χ1n) is 7.44. The Labute approximate surface area is 119 Å². The second-order valence-corrected chi connectivity index (χ2v) is 5.72. The molecule has 0 spiro atoms. The largest absolute Gasteiger partial charge is 0.399 e. The zero-order valence-corrected chi connectivity index (χ0v) is 11.9. The fourth-order valence-electron chi connectivity index (χ4n) is 2.86. The minimum atomic E-state index is 0.463. The highest BCUT2D eigenvalue weighted by Crippen LogP contribution is 2.31. The smallest absolute Gasteiger partial charge is 0.257 e. The number of aromatic nitrogens is 2. The van der Waals surface area contributed by atoms with Crippen LogP contribution in [0.5, 0.6) is 0 Å². The van der Waals surface area contributed by atoms with Crippen molar-refractivity contribution < 1.29 is 4.52 Å². The first-order chi connectivity index (χ1) is 9.74. The van der Waals surface area contributed by atoms with Gasteiger partial charge in [0.1, 0.15) is 0 Å². The third kappa shape index (κ3) is 2.69. The second kappa shape index (κ2) is 5.65. The molecule has 1 heterocycles. The third-order valence-corrected chi connectivity index (χ3v) is 4.18. The summed E-state index contributed by atoms with van der Waals surface area (Å²) in [7, 11) is 0. The number of hydrogen-bond donors (Lipinski definition) is 1. The molecule has 4 heteroatoms. The van der Waals surface area contributed by atoms with Crippen molar-refractivity contribution in [2.45, 2.75) is 51.4 Å². The average Bonchev–Trinajstić information content (AvgIpc) is 2.78. The quantitative estimate of drug-likeness (QED) is 0.660. The van der Waals surface area contributed by atoms with E-state index in [0.29, 0.717) is 11.8 Å². The molecule has 4 nitrogen and oxygen atoms in total. The summed E-state index contributed by atoms with van der Waals surface area (Å²) in [4.78, 5) is 4.60. The molecule has 1 saturated carbocycles. The lowest BCUT2D eigenvalue weighted by atomic mass is 10.00. The standard InChI is InChI=1S/C16H21N3O/c1-11-10-13(8-9-14(11)17)16-18-15(19-20-16)12-6-4-2-3-5-7-12/h8-10,12H,2-7,17H2,1H3. The van der Waals surface area contributed by atoms with Crippen LogP contribution in [0.15, 0.2) is 22.7 Å². The molecular formula is C16H21N3O. The van der Waals surface area contributed by atoms with Crippen LogP contribution in [0, 0.1) is 6.92 Å². The van der Waals surface area contributed by atoms with Crippen molar-refractivity contribution in [2.75, 3.05) is 5.73 Å². The molecule has 1 fully saturated rings. The van der Waals surface area contributed by atoms with Gasteiger partial charge in [-0.1, -0.05) is 30.8 Å². The van der Waals surface area contributed by atoms with Gasteiger partial charge >= 0.3 is 0 Å². The monoisotopic (exact) mass is 271 g/mol. The Morgan fingerprint density at radius 3 is 2.60 bits per heavy atom. The van der Waals surface area contributed by atoms with Gasteiger partial charge in [-0.05, 0) is 43.5 Å². The SMILES string of the molecule is Cc1cc(-c2nc(C3CCCCCC3)no2)ccc1N. The van der Waals surface area contributed by atoms with Crippen LogP contribution < -0.4 is 5.73 Å². The minimum Gasteiger partial charge on any atom is -0.399 e. The van der Waals surface area contributed by atoms with Crippen molar-refractivity contribution in [1.29, 1.82) is 0 Å². The Bertz CT molecular complexity index is 583. The van der Waals surface area contributed by atoms with E-state index in [9.17, 15) is 0 Å². The fourth-order valence-corrected chi connectivity index (χ4v) is 2.86. The van der Waals surface area contributed by atoms with Gasteiger partial charge in [0.05, 0.1) is 0 Å². The van der Waals surface area contributed by atoms with Crippen LogP contribution in [-0.4, -0.2) is 10.1 Å². The molecule has 1 aromatic heterocycles. The Morgan fingerprint density at radius 2 is 1.90 bits per heavy atom. The maximum absolute atomic E-state index is 5.84. The van der Waals surface area contributed by atoms with Gasteiger partial charge in [0.25, 0.3) is 5.89 Å². The predicted octanol–water partition coefficient (Wildman–Crippen LogP) is 4.07. The summed E-state index contributed by atoms with van der Waals surface area (Å²) in [5, 5.41) is 4.19. The van der Waals surface area contributed by atoms with Crippen LogP contribution in [-0.2, 0) is 0 Å². The van der Waals surface area contributed by atoms with Crippen molar-refractivity contribution in [3.05, 3.63) is 29.6 Å². The van der Waals surface area contributed by atoms with Crippen molar-refractivity contribution in [1.82, 2.24) is 10.1 Å². The normalized spacial score (nSPS) is 17.1. The molecular weight excluding hydrogens is 250 g/mol. The molecule has 0 bridgehead atoms. The lowest BCUT2D eigenvalue weighted by Crippen LogP contribution is -1.99. The molecule has 2 aromatic rings. The molecule has 20 heavy (non-hydrogen) atoms. The van der Waals surface area contributed by atoms with Crippen LogP contribution >= 0.6 is 0 Å². The number of benzene rings is 1. The van der Waals surface area contributed by atoms with Crippen molar-refractivity contribution >= 4 is 5.69 Å². The molecule has 0 atom stereocenters. The molecule has 1 aliphatic carbocycles. The van der Waals surface area contributed by atoms with Crippen LogP contribution in [0.2, 0.25) is 0 Å². The Morgan fingerprint density at radius 1 is 1.15 bits per heavy atom. The minimum absolute atomic E-state index is 0.463. The van der Waals surface area contributed by atoms with Gasteiger partial charge in [0.2, 0.25) is 0 Å². The van der Waals surface area contributed by atoms with Crippen molar-refractivity contribution in [3.63, 3.8) is 0 Å². The van der Waals surface area contributed by atoms with E-state index in [-0.39, 0.29) is 0 Å². The van der Waals surface area contributed by atoms with Crippen molar-refractivity contribution in [3.8, 4) is 11.5 Å². The van der Waals surface area contributed by atoms with Crippen molar-refractivity contribution in [2.24, 2.45) is 0 Å². The summed E-state index contributed by atoms with van der Waals surface area (Å²) in [5.41, 5.74) is 8.62. The number of aryl methyl sites for hydroxylation is 1. The van der Waals surface area contributed by atoms with Gasteiger partial charge < -0.3 is 10.3 Å². The molecule has 0 radical (unpaired) electrons. The maximum atomic E-state index is 5.84. The summed E-state index contributed by atoms with van der Waals surface area (Å²) in [6.07, 6.45) is 7.57. The maximum Gasteiger partial charge on any atom is 0.257 e. The van der Waals surface area contributed by atoms with Gasteiger partial charge in [0.15, 0.2) is 5.82 Å². The van der Waals surface area contributed by atoms with E-state index in [2.05, 4.69) is 10.1 Å². The molecule has 2 N–H and O–H groups in total. The number of anilines is 1. The van der Waals surface area contributed by atoms with Gasteiger partial charge in [-0.3, -0.25) is 0 Å². The average molecular weight is 271 g/mol. The summed E-state index contributed by atoms with van der Waals surface area (Å²) in [6.45, 7) is 1.99. The lowest BCUT2D eigenvalue weighted by Gasteiger charge is -2.07.